The molecule has 1 aromatic carbocycles. The topological polar surface area (TPSA) is 66.3 Å². The fourth-order valence-electron chi connectivity index (χ4n) is 1.96. The highest BCUT2D eigenvalue weighted by Crippen LogP contribution is 2.15. The predicted molar refractivity (Wildman–Crippen MR) is 77.0 cm³/mol. The first-order valence-electron chi connectivity index (χ1n) is 6.31. The van der Waals surface area contributed by atoms with Gasteiger partial charge in [-0.05, 0) is 25.0 Å². The van der Waals surface area contributed by atoms with Crippen molar-refractivity contribution in [2.45, 2.75) is 20.4 Å². The number of carbonyl (C=O) groups is 1. The van der Waals surface area contributed by atoms with E-state index in [4.69, 9.17) is 5.11 Å². The summed E-state index contributed by atoms with van der Waals surface area (Å²) in [5.41, 5.74) is 3.01. The Morgan fingerprint density at radius 3 is 2.60 bits per heavy atom. The molecule has 0 unspecified atom stereocenters. The second-order valence-corrected chi connectivity index (χ2v) is 4.76. The first-order valence-corrected chi connectivity index (χ1v) is 6.31. The third kappa shape index (κ3) is 2.93. The maximum atomic E-state index is 10.9. The molecule has 0 bridgehead atoms. The van der Waals surface area contributed by atoms with Gasteiger partial charge in [-0.1, -0.05) is 24.3 Å². The van der Waals surface area contributed by atoms with Gasteiger partial charge in [0.15, 0.2) is 0 Å². The van der Waals surface area contributed by atoms with Crippen LogP contribution < -0.4 is 4.90 Å². The number of rotatable bonds is 4. The third-order valence-electron chi connectivity index (χ3n) is 3.21. The van der Waals surface area contributed by atoms with Gasteiger partial charge >= 0.3 is 5.97 Å². The van der Waals surface area contributed by atoms with Crippen molar-refractivity contribution < 1.29 is 9.90 Å². The number of nitrogens with zero attached hydrogens (tertiary/aromatic N) is 3. The summed E-state index contributed by atoms with van der Waals surface area (Å²) >= 11 is 0. The molecule has 1 aromatic heterocycles. The minimum absolute atomic E-state index is 0.137. The molecule has 2 aromatic rings. The van der Waals surface area contributed by atoms with Crippen LogP contribution in [0.5, 0.6) is 0 Å². The van der Waals surface area contributed by atoms with Gasteiger partial charge in [-0.2, -0.15) is 0 Å². The Labute approximate surface area is 117 Å². The van der Waals surface area contributed by atoms with Crippen LogP contribution in [0.4, 0.5) is 5.95 Å². The molecule has 2 rings (SSSR count). The molecule has 0 amide bonds. The molecule has 0 saturated heterocycles. The second-order valence-electron chi connectivity index (χ2n) is 4.76. The summed E-state index contributed by atoms with van der Waals surface area (Å²) in [6.45, 7) is 4.41. The van der Waals surface area contributed by atoms with Crippen LogP contribution in [-0.4, -0.2) is 28.1 Å². The van der Waals surface area contributed by atoms with Crippen molar-refractivity contribution >= 4 is 11.9 Å². The molecule has 0 atom stereocenters. The number of aryl methyl sites for hydroxylation is 2. The number of carboxylic acids is 1. The molecule has 0 fully saturated rings. The van der Waals surface area contributed by atoms with Gasteiger partial charge in [-0.3, -0.25) is 0 Å². The minimum Gasteiger partial charge on any atom is -0.478 e. The van der Waals surface area contributed by atoms with E-state index in [2.05, 4.69) is 29.0 Å². The zero-order chi connectivity index (χ0) is 14.7. The number of hydrogen-bond acceptors (Lipinski definition) is 4. The average Bonchev–Trinajstić information content (AvgIpc) is 2.40. The van der Waals surface area contributed by atoms with Crippen LogP contribution in [0.15, 0.2) is 30.5 Å². The van der Waals surface area contributed by atoms with Gasteiger partial charge in [0, 0.05) is 19.8 Å². The molecule has 5 heteroatoms. The summed E-state index contributed by atoms with van der Waals surface area (Å²) in [4.78, 5) is 21.2. The van der Waals surface area contributed by atoms with Crippen LogP contribution in [0.2, 0.25) is 0 Å². The van der Waals surface area contributed by atoms with Crippen LogP contribution in [0.1, 0.15) is 27.2 Å². The van der Waals surface area contributed by atoms with Crippen molar-refractivity contribution in [2.24, 2.45) is 0 Å². The van der Waals surface area contributed by atoms with Gasteiger partial charge in [0.1, 0.15) is 0 Å². The molecule has 0 radical (unpaired) electrons. The van der Waals surface area contributed by atoms with E-state index in [9.17, 15) is 4.79 Å². The fraction of sp³-hybridized carbons (Fsp3) is 0.267. The predicted octanol–water partition coefficient (Wildman–Crippen LogP) is 2.43. The van der Waals surface area contributed by atoms with E-state index >= 15 is 0 Å². The highest BCUT2D eigenvalue weighted by Gasteiger charge is 2.12. The van der Waals surface area contributed by atoms with Crippen LogP contribution >= 0.6 is 0 Å². The average molecular weight is 271 g/mol. The van der Waals surface area contributed by atoms with E-state index in [0.29, 0.717) is 18.2 Å². The van der Waals surface area contributed by atoms with E-state index in [1.807, 2.05) is 24.1 Å². The maximum absolute atomic E-state index is 10.9. The molecular weight excluding hydrogens is 254 g/mol. The molecule has 0 aliphatic heterocycles. The lowest BCUT2D eigenvalue weighted by molar-refractivity contribution is 0.0695. The van der Waals surface area contributed by atoms with Crippen LogP contribution in [0.25, 0.3) is 0 Å². The van der Waals surface area contributed by atoms with Crippen molar-refractivity contribution in [3.63, 3.8) is 0 Å². The lowest BCUT2D eigenvalue weighted by Gasteiger charge is -2.18. The van der Waals surface area contributed by atoms with Gasteiger partial charge in [-0.15, -0.1) is 0 Å². The molecule has 5 nitrogen and oxygen atoms in total. The Balaban J connectivity index is 2.22. The van der Waals surface area contributed by atoms with E-state index in [0.717, 1.165) is 0 Å². The molecule has 0 saturated carbocycles. The largest absolute Gasteiger partial charge is 0.478 e. The van der Waals surface area contributed by atoms with Crippen LogP contribution in [0.3, 0.4) is 0 Å². The van der Waals surface area contributed by atoms with Crippen molar-refractivity contribution in [3.05, 3.63) is 52.8 Å². The molecular formula is C15H17N3O2. The third-order valence-corrected chi connectivity index (χ3v) is 3.21. The Morgan fingerprint density at radius 1 is 1.30 bits per heavy atom. The fourth-order valence-corrected chi connectivity index (χ4v) is 1.96. The summed E-state index contributed by atoms with van der Waals surface area (Å²) in [7, 11) is 1.89. The number of aromatic nitrogens is 2. The first kappa shape index (κ1) is 14.0. The Hall–Kier alpha value is -2.43. The number of carboxylic acid groups (broad SMARTS) is 1. The van der Waals surface area contributed by atoms with Gasteiger partial charge in [0.05, 0.1) is 11.3 Å². The van der Waals surface area contributed by atoms with Crippen LogP contribution in [0, 0.1) is 13.8 Å². The first-order chi connectivity index (χ1) is 9.49. The molecule has 1 N–H and O–H groups in total. The van der Waals surface area contributed by atoms with Gasteiger partial charge in [0.25, 0.3) is 0 Å². The van der Waals surface area contributed by atoms with Crippen molar-refractivity contribution in [1.82, 2.24) is 9.97 Å². The van der Waals surface area contributed by atoms with Crippen molar-refractivity contribution in [3.8, 4) is 0 Å². The smallest absolute Gasteiger partial charge is 0.339 e. The Morgan fingerprint density at radius 2 is 2.00 bits per heavy atom. The van der Waals surface area contributed by atoms with E-state index < -0.39 is 5.97 Å². The zero-order valence-electron chi connectivity index (χ0n) is 11.8. The minimum atomic E-state index is -1.00. The monoisotopic (exact) mass is 271 g/mol. The molecule has 0 spiro atoms. The lowest BCUT2D eigenvalue weighted by atomic mass is 10.1. The standard InChI is InChI=1S/C15H17N3O2/c1-10-6-4-5-7-12(10)9-18(3)15-16-8-13(14(19)20)11(2)17-15/h4-8H,9H2,1-3H3,(H,19,20). The van der Waals surface area contributed by atoms with E-state index in [1.54, 1.807) is 6.92 Å². The number of anilines is 1. The van der Waals surface area contributed by atoms with Gasteiger partial charge < -0.3 is 10.0 Å². The molecule has 1 heterocycles. The normalized spacial score (nSPS) is 10.3. The Kier molecular flexibility index (Phi) is 3.98. The van der Waals surface area contributed by atoms with Crippen molar-refractivity contribution in [1.29, 1.82) is 0 Å². The summed E-state index contributed by atoms with van der Waals surface area (Å²) in [6.07, 6.45) is 1.36. The summed E-state index contributed by atoms with van der Waals surface area (Å²) in [6, 6.07) is 8.12. The number of aromatic carboxylic acids is 1. The Bertz CT molecular complexity index is 641. The van der Waals surface area contributed by atoms with Gasteiger partial charge in [-0.25, -0.2) is 14.8 Å². The SMILES string of the molecule is Cc1ccccc1CN(C)c1ncc(C(=O)O)c(C)n1. The van der Waals surface area contributed by atoms with Crippen molar-refractivity contribution in [2.75, 3.05) is 11.9 Å². The second kappa shape index (κ2) is 5.69. The van der Waals surface area contributed by atoms with Crippen LogP contribution in [-0.2, 0) is 6.54 Å². The summed E-state index contributed by atoms with van der Waals surface area (Å²) < 4.78 is 0. The summed E-state index contributed by atoms with van der Waals surface area (Å²) in [5, 5.41) is 8.97. The summed E-state index contributed by atoms with van der Waals surface area (Å²) in [5.74, 6) is -0.480. The number of hydrogen-bond donors (Lipinski definition) is 1. The molecule has 0 aliphatic rings. The maximum Gasteiger partial charge on any atom is 0.339 e. The lowest BCUT2D eigenvalue weighted by Crippen LogP contribution is -2.20. The van der Waals surface area contributed by atoms with E-state index in [-0.39, 0.29) is 5.56 Å². The highest BCUT2D eigenvalue weighted by molar-refractivity contribution is 5.88. The molecule has 0 aliphatic carbocycles. The zero-order valence-corrected chi connectivity index (χ0v) is 11.8. The molecule has 104 valence electrons. The number of benzene rings is 1. The quantitative estimate of drug-likeness (QED) is 0.925. The van der Waals surface area contributed by atoms with Gasteiger partial charge in [0.2, 0.25) is 5.95 Å². The molecule has 20 heavy (non-hydrogen) atoms. The highest BCUT2D eigenvalue weighted by atomic mass is 16.4. The van der Waals surface area contributed by atoms with E-state index in [1.165, 1.54) is 17.3 Å².